The third-order valence-electron chi connectivity index (χ3n) is 5.25. The molecule has 2 aromatic heterocycles. The highest BCUT2D eigenvalue weighted by Crippen LogP contribution is 2.33. The van der Waals surface area contributed by atoms with E-state index in [2.05, 4.69) is 10.3 Å². The summed E-state index contributed by atoms with van der Waals surface area (Å²) in [5, 5.41) is 4.96. The molecular weight excluding hydrogens is 445 g/mol. The van der Waals surface area contributed by atoms with E-state index in [1.807, 2.05) is 36.6 Å². The molecule has 0 atom stereocenters. The molecule has 0 bridgehead atoms. The summed E-state index contributed by atoms with van der Waals surface area (Å²) in [5.74, 6) is -0.584. The predicted molar refractivity (Wildman–Crippen MR) is 127 cm³/mol. The number of amides is 1. The Balaban J connectivity index is 1.53. The summed E-state index contributed by atoms with van der Waals surface area (Å²) in [5.41, 5.74) is 2.63. The summed E-state index contributed by atoms with van der Waals surface area (Å²) in [6, 6.07) is 10.4. The molecule has 0 spiro atoms. The normalized spacial score (nSPS) is 10.9. The van der Waals surface area contributed by atoms with Crippen molar-refractivity contribution in [2.45, 2.75) is 19.9 Å². The van der Waals surface area contributed by atoms with E-state index < -0.39 is 11.7 Å². The second-order valence-corrected chi connectivity index (χ2v) is 8.28. The van der Waals surface area contributed by atoms with Gasteiger partial charge in [0.05, 0.1) is 31.6 Å². The van der Waals surface area contributed by atoms with Gasteiger partial charge >= 0.3 is 0 Å². The van der Waals surface area contributed by atoms with Gasteiger partial charge in [-0.1, -0.05) is 29.8 Å². The molecule has 2 heterocycles. The minimum absolute atomic E-state index is 0.0296. The van der Waals surface area contributed by atoms with Gasteiger partial charge in [0.25, 0.3) is 5.56 Å². The molecule has 4 aromatic rings. The molecule has 0 fully saturated rings. The second-order valence-electron chi connectivity index (χ2n) is 7.42. The molecule has 1 amide bonds. The number of fused-ring (bicyclic) bond motifs is 1. The number of methoxy groups -OCH3 is 2. The zero-order valence-electron chi connectivity index (χ0n) is 18.3. The molecule has 0 saturated heterocycles. The maximum absolute atomic E-state index is 14.3. The van der Waals surface area contributed by atoms with Crippen molar-refractivity contribution >= 4 is 33.1 Å². The Morgan fingerprint density at radius 3 is 2.55 bits per heavy atom. The Morgan fingerprint density at radius 1 is 1.15 bits per heavy atom. The lowest BCUT2D eigenvalue weighted by Gasteiger charge is -2.12. The standard InChI is InChI=1S/C24H22FN3O4S/c1-14-4-6-15(7-5-14)16-12-33-23-22(16)24(30)28(13-26-23)9-8-21(29)27-18-11-20(32-3)19(31-2)10-17(18)25/h4-7,10-13H,8-9H2,1-3H3,(H,27,29). The number of aryl methyl sites for hydroxylation is 2. The molecule has 170 valence electrons. The van der Waals surface area contributed by atoms with Crippen molar-refractivity contribution in [2.75, 3.05) is 19.5 Å². The van der Waals surface area contributed by atoms with Crippen LogP contribution in [0.1, 0.15) is 12.0 Å². The lowest BCUT2D eigenvalue weighted by molar-refractivity contribution is -0.116. The van der Waals surface area contributed by atoms with E-state index >= 15 is 0 Å². The zero-order chi connectivity index (χ0) is 23.5. The Kier molecular flexibility index (Phi) is 6.41. The molecule has 4 rings (SSSR count). The van der Waals surface area contributed by atoms with Gasteiger partial charge in [0.1, 0.15) is 4.83 Å². The van der Waals surface area contributed by atoms with E-state index in [-0.39, 0.29) is 30.0 Å². The number of aromatic nitrogens is 2. The summed E-state index contributed by atoms with van der Waals surface area (Å²) < 4.78 is 25.9. The fraction of sp³-hybridized carbons (Fsp3) is 0.208. The van der Waals surface area contributed by atoms with Crippen molar-refractivity contribution in [2.24, 2.45) is 0 Å². The van der Waals surface area contributed by atoms with Crippen LogP contribution in [0.15, 0.2) is 52.9 Å². The number of anilines is 1. The third-order valence-corrected chi connectivity index (χ3v) is 6.14. The van der Waals surface area contributed by atoms with E-state index in [0.29, 0.717) is 16.0 Å². The van der Waals surface area contributed by atoms with Gasteiger partial charge in [-0.3, -0.25) is 14.2 Å². The van der Waals surface area contributed by atoms with E-state index in [1.54, 1.807) is 0 Å². The average molecular weight is 468 g/mol. The van der Waals surface area contributed by atoms with Gasteiger partial charge in [-0.2, -0.15) is 0 Å². The highest BCUT2D eigenvalue weighted by Gasteiger charge is 2.16. The molecule has 33 heavy (non-hydrogen) atoms. The van der Waals surface area contributed by atoms with Gasteiger partial charge in [-0.25, -0.2) is 9.37 Å². The molecule has 0 aliphatic rings. The third kappa shape index (κ3) is 4.58. The van der Waals surface area contributed by atoms with Crippen molar-refractivity contribution < 1.29 is 18.7 Å². The van der Waals surface area contributed by atoms with Crippen molar-refractivity contribution in [3.63, 3.8) is 0 Å². The fourth-order valence-corrected chi connectivity index (χ4v) is 4.36. The van der Waals surface area contributed by atoms with Crippen molar-refractivity contribution in [3.05, 3.63) is 69.8 Å². The summed E-state index contributed by atoms with van der Waals surface area (Å²) >= 11 is 1.40. The zero-order valence-corrected chi connectivity index (χ0v) is 19.2. The van der Waals surface area contributed by atoms with Crippen LogP contribution in [-0.2, 0) is 11.3 Å². The van der Waals surface area contributed by atoms with Crippen LogP contribution >= 0.6 is 11.3 Å². The SMILES string of the molecule is COc1cc(F)c(NC(=O)CCn2cnc3scc(-c4ccc(C)cc4)c3c2=O)cc1OC. The van der Waals surface area contributed by atoms with E-state index in [1.165, 1.54) is 42.5 Å². The molecule has 7 nitrogen and oxygen atoms in total. The minimum atomic E-state index is -0.651. The molecule has 0 saturated carbocycles. The number of benzene rings is 2. The summed E-state index contributed by atoms with van der Waals surface area (Å²) in [6.45, 7) is 2.11. The quantitative estimate of drug-likeness (QED) is 0.429. The van der Waals surface area contributed by atoms with E-state index in [4.69, 9.17) is 9.47 Å². The monoisotopic (exact) mass is 467 g/mol. The first kappa shape index (κ1) is 22.5. The van der Waals surface area contributed by atoms with Gasteiger partial charge in [0.2, 0.25) is 5.91 Å². The van der Waals surface area contributed by atoms with Gasteiger partial charge in [0, 0.05) is 36.0 Å². The molecule has 0 unspecified atom stereocenters. The number of hydrogen-bond donors (Lipinski definition) is 1. The highest BCUT2D eigenvalue weighted by molar-refractivity contribution is 7.17. The van der Waals surface area contributed by atoms with Crippen LogP contribution in [0, 0.1) is 12.7 Å². The largest absolute Gasteiger partial charge is 0.493 e. The first-order chi connectivity index (χ1) is 15.9. The highest BCUT2D eigenvalue weighted by atomic mass is 32.1. The van der Waals surface area contributed by atoms with Crippen LogP contribution in [-0.4, -0.2) is 29.7 Å². The average Bonchev–Trinajstić information content (AvgIpc) is 3.25. The summed E-state index contributed by atoms with van der Waals surface area (Å²) in [6.07, 6.45) is 1.40. The van der Waals surface area contributed by atoms with E-state index in [0.717, 1.165) is 22.8 Å². The number of carbonyl (C=O) groups is 1. The Morgan fingerprint density at radius 2 is 1.85 bits per heavy atom. The Bertz CT molecular complexity index is 1380. The van der Waals surface area contributed by atoms with Crippen LogP contribution in [0.25, 0.3) is 21.3 Å². The van der Waals surface area contributed by atoms with Crippen LogP contribution in [0.5, 0.6) is 11.5 Å². The number of rotatable bonds is 7. The molecule has 0 radical (unpaired) electrons. The molecule has 0 aliphatic carbocycles. The van der Waals surface area contributed by atoms with Crippen molar-refractivity contribution in [1.29, 1.82) is 0 Å². The summed E-state index contributed by atoms with van der Waals surface area (Å²) in [4.78, 5) is 30.6. The van der Waals surface area contributed by atoms with Gasteiger partial charge in [-0.05, 0) is 12.5 Å². The van der Waals surface area contributed by atoms with Crippen LogP contribution in [0.2, 0.25) is 0 Å². The fourth-order valence-electron chi connectivity index (χ4n) is 3.46. The number of thiophene rings is 1. The number of ether oxygens (including phenoxy) is 2. The lowest BCUT2D eigenvalue weighted by atomic mass is 10.1. The molecule has 9 heteroatoms. The van der Waals surface area contributed by atoms with Crippen LogP contribution in [0.4, 0.5) is 10.1 Å². The van der Waals surface area contributed by atoms with Crippen LogP contribution < -0.4 is 20.3 Å². The van der Waals surface area contributed by atoms with Gasteiger partial charge < -0.3 is 14.8 Å². The second kappa shape index (κ2) is 9.41. The molecule has 1 N–H and O–H groups in total. The predicted octanol–water partition coefficient (Wildman–Crippen LogP) is 4.62. The summed E-state index contributed by atoms with van der Waals surface area (Å²) in [7, 11) is 2.82. The van der Waals surface area contributed by atoms with E-state index in [9.17, 15) is 14.0 Å². The minimum Gasteiger partial charge on any atom is -0.493 e. The number of carbonyl (C=O) groups excluding carboxylic acids is 1. The number of nitrogens with one attached hydrogen (secondary N) is 1. The molecular formula is C24H22FN3O4S. The molecule has 2 aromatic carbocycles. The van der Waals surface area contributed by atoms with Crippen molar-refractivity contribution in [1.82, 2.24) is 9.55 Å². The van der Waals surface area contributed by atoms with Gasteiger partial charge in [0.15, 0.2) is 17.3 Å². The van der Waals surface area contributed by atoms with Crippen LogP contribution in [0.3, 0.4) is 0 Å². The number of nitrogens with zero attached hydrogens (tertiary/aromatic N) is 2. The number of hydrogen-bond acceptors (Lipinski definition) is 6. The first-order valence-electron chi connectivity index (χ1n) is 10.2. The first-order valence-corrected chi connectivity index (χ1v) is 11.0. The smallest absolute Gasteiger partial charge is 0.262 e. The number of halogens is 1. The van der Waals surface area contributed by atoms with Gasteiger partial charge in [-0.15, -0.1) is 11.3 Å². The molecule has 0 aliphatic heterocycles. The lowest BCUT2D eigenvalue weighted by Crippen LogP contribution is -2.23. The van der Waals surface area contributed by atoms with Crippen molar-refractivity contribution in [3.8, 4) is 22.6 Å². The maximum atomic E-state index is 14.3. The topological polar surface area (TPSA) is 82.5 Å². The maximum Gasteiger partial charge on any atom is 0.262 e. The Labute approximate surface area is 193 Å². The Hall–Kier alpha value is -3.72.